The second-order valence-corrected chi connectivity index (χ2v) is 16.7. The fourth-order valence-corrected chi connectivity index (χ4v) is 9.30. The molecule has 1 heterocycles. The molecule has 8 atom stereocenters. The van der Waals surface area contributed by atoms with Crippen molar-refractivity contribution < 1.29 is 24.1 Å². The normalized spacial score (nSPS) is 36.1. The number of carbonyl (C=O) groups excluding carboxylic acids is 1. The van der Waals surface area contributed by atoms with Crippen molar-refractivity contribution in [2.45, 2.75) is 158 Å². The summed E-state index contributed by atoms with van der Waals surface area (Å²) < 4.78 is 19.9. The van der Waals surface area contributed by atoms with Gasteiger partial charge >= 0.3 is 0 Å². The molecule has 2 bridgehead atoms. The van der Waals surface area contributed by atoms with Crippen molar-refractivity contribution in [2.75, 3.05) is 13.2 Å². The third-order valence-electron chi connectivity index (χ3n) is 12.6. The first-order chi connectivity index (χ1) is 23.0. The molecule has 49 heavy (non-hydrogen) atoms. The predicted molar refractivity (Wildman–Crippen MR) is 200 cm³/mol. The van der Waals surface area contributed by atoms with E-state index < -0.39 is 29.0 Å². The van der Waals surface area contributed by atoms with Gasteiger partial charge < -0.3 is 24.2 Å². The molecule has 1 saturated heterocycles. The molecule has 276 valence electrons. The fourth-order valence-electron chi connectivity index (χ4n) is 9.30. The maximum Gasteiger partial charge on any atom is 0.186 e. The highest BCUT2D eigenvalue weighted by molar-refractivity contribution is 5.92. The summed E-state index contributed by atoms with van der Waals surface area (Å²) in [6.45, 7) is 29.5. The van der Waals surface area contributed by atoms with Crippen LogP contribution in [-0.2, 0) is 19.0 Å². The lowest BCUT2D eigenvalue weighted by atomic mass is 9.55. The van der Waals surface area contributed by atoms with Crippen LogP contribution in [0.1, 0.15) is 134 Å². The molecular formula is C43H69NO5. The van der Waals surface area contributed by atoms with E-state index in [1.54, 1.807) is 0 Å². The highest BCUT2D eigenvalue weighted by Crippen LogP contribution is 2.60. The maximum absolute atomic E-state index is 15.3. The van der Waals surface area contributed by atoms with Gasteiger partial charge in [0, 0.05) is 18.2 Å². The number of nitrogens with zero attached hydrogens (tertiary/aromatic N) is 1. The largest absolute Gasteiger partial charge is 0.469 e. The van der Waals surface area contributed by atoms with Gasteiger partial charge in [-0.3, -0.25) is 4.79 Å². The summed E-state index contributed by atoms with van der Waals surface area (Å²) in [6.07, 6.45) is 17.2. The Morgan fingerprint density at radius 1 is 1.18 bits per heavy atom. The Balaban J connectivity index is 1.89. The Morgan fingerprint density at radius 2 is 1.90 bits per heavy atom. The van der Waals surface area contributed by atoms with E-state index >= 15 is 4.79 Å². The fraction of sp³-hybridized carbons (Fsp3) is 0.744. The molecule has 7 unspecified atom stereocenters. The van der Waals surface area contributed by atoms with Crippen LogP contribution < -0.4 is 0 Å². The summed E-state index contributed by atoms with van der Waals surface area (Å²) >= 11 is 0. The van der Waals surface area contributed by atoms with Crippen molar-refractivity contribution >= 4 is 5.78 Å². The van der Waals surface area contributed by atoms with Crippen LogP contribution in [0, 0.1) is 34.5 Å². The Labute approximate surface area is 299 Å². The Morgan fingerprint density at radius 3 is 2.53 bits per heavy atom. The van der Waals surface area contributed by atoms with Crippen molar-refractivity contribution in [2.24, 2.45) is 34.5 Å². The van der Waals surface area contributed by atoms with Crippen LogP contribution in [0.2, 0.25) is 0 Å². The van der Waals surface area contributed by atoms with Crippen LogP contribution in [0.25, 0.3) is 0 Å². The minimum Gasteiger partial charge on any atom is -0.469 e. The Kier molecular flexibility index (Phi) is 12.6. The number of ether oxygens (including phenoxy) is 3. The zero-order chi connectivity index (χ0) is 36.4. The molecule has 1 N–H and O–H groups in total. The van der Waals surface area contributed by atoms with E-state index in [9.17, 15) is 5.11 Å². The molecule has 1 spiro atoms. The van der Waals surface area contributed by atoms with E-state index in [4.69, 9.17) is 14.2 Å². The monoisotopic (exact) mass is 680 g/mol. The second-order valence-electron chi connectivity index (χ2n) is 16.7. The molecular weight excluding hydrogens is 610 g/mol. The van der Waals surface area contributed by atoms with Gasteiger partial charge in [0.15, 0.2) is 23.4 Å². The molecule has 1 aliphatic heterocycles. The van der Waals surface area contributed by atoms with Gasteiger partial charge in [-0.05, 0) is 113 Å². The standard InChI is InChI=1S/C43H69NO5/c1-13-17-19-36(29(5)16-4)31(7)44(26-15-3)32(8)48-37-23-25-42-30(6)27-35(18-14-2)40(9,10)24-22-33(38(42)45)20-21-34-28-47-41(11,12)49-39(34)43(37,42)46/h17,19,21,23,25,29-30,33,35,37,39,46H,8,13-16,18,20,22,24,26-28H2,1-7,9-12H3/b19-17-,34-21-,36-31-/t29?,30-,33?,35?,37?,39?,42?,43?/m1/s1. The average Bonchev–Trinajstić information content (AvgIpc) is 3.35. The van der Waals surface area contributed by atoms with Gasteiger partial charge in [0.2, 0.25) is 0 Å². The number of hydrogen-bond acceptors (Lipinski definition) is 6. The summed E-state index contributed by atoms with van der Waals surface area (Å²) in [4.78, 5) is 17.4. The number of hydrogen-bond donors (Lipinski definition) is 1. The Bertz CT molecular complexity index is 1320. The highest BCUT2D eigenvalue weighted by Gasteiger charge is 2.71. The molecule has 1 saturated carbocycles. The van der Waals surface area contributed by atoms with Crippen LogP contribution in [0.5, 0.6) is 0 Å². The van der Waals surface area contributed by atoms with Crippen molar-refractivity contribution in [3.63, 3.8) is 0 Å². The number of ketones is 1. The average molecular weight is 680 g/mol. The minimum absolute atomic E-state index is 0.0819. The predicted octanol–water partition coefficient (Wildman–Crippen LogP) is 10.1. The first-order valence-corrected chi connectivity index (χ1v) is 19.5. The first kappa shape index (κ1) is 39.6. The molecule has 6 heteroatoms. The van der Waals surface area contributed by atoms with Crippen LogP contribution in [0.3, 0.4) is 0 Å². The topological polar surface area (TPSA) is 68.2 Å². The van der Waals surface area contributed by atoms with Gasteiger partial charge in [-0.1, -0.05) is 92.5 Å². The molecule has 0 aromatic carbocycles. The van der Waals surface area contributed by atoms with Gasteiger partial charge in [0.1, 0.15) is 11.9 Å². The number of fused-ring (bicyclic) bond motifs is 3. The maximum atomic E-state index is 15.3. The van der Waals surface area contributed by atoms with Gasteiger partial charge in [0.25, 0.3) is 0 Å². The number of carbonyl (C=O) groups is 1. The van der Waals surface area contributed by atoms with E-state index in [0.717, 1.165) is 69.2 Å². The van der Waals surface area contributed by atoms with Gasteiger partial charge in [0.05, 0.1) is 12.0 Å². The van der Waals surface area contributed by atoms with E-state index in [1.807, 2.05) is 26.0 Å². The quantitative estimate of drug-likeness (QED) is 0.126. The van der Waals surface area contributed by atoms with Crippen LogP contribution in [0.15, 0.2) is 59.7 Å². The number of rotatable bonds is 12. The third kappa shape index (κ3) is 7.44. The van der Waals surface area contributed by atoms with E-state index in [2.05, 4.69) is 92.0 Å². The molecule has 0 aromatic heterocycles. The molecule has 6 nitrogen and oxygen atoms in total. The molecule has 4 aliphatic rings. The number of Topliss-reactive ketones (excluding diaryl/α,β-unsaturated/α-hetero) is 1. The molecule has 0 amide bonds. The number of aliphatic hydroxyl groups is 1. The van der Waals surface area contributed by atoms with Gasteiger partial charge in [-0.25, -0.2) is 0 Å². The summed E-state index contributed by atoms with van der Waals surface area (Å²) in [6, 6.07) is 0. The SMILES string of the molecule is C=C(OC1C=CC23C(=O)C(C/C=C4/COC(C)(C)OC4C12O)CCC(C)(C)C(CCC)C[C@H]3C)N(CCC)/C(C)=C(/C=C\CC)C(C)CC. The van der Waals surface area contributed by atoms with Crippen LogP contribution in [0.4, 0.5) is 0 Å². The lowest BCUT2D eigenvalue weighted by Gasteiger charge is -2.55. The molecule has 0 radical (unpaired) electrons. The van der Waals surface area contributed by atoms with Crippen molar-refractivity contribution in [3.8, 4) is 0 Å². The molecule has 4 rings (SSSR count). The smallest absolute Gasteiger partial charge is 0.186 e. The van der Waals surface area contributed by atoms with Crippen LogP contribution in [-0.4, -0.2) is 52.5 Å². The lowest BCUT2D eigenvalue weighted by Crippen LogP contribution is -2.69. The zero-order valence-electron chi connectivity index (χ0n) is 32.9. The lowest BCUT2D eigenvalue weighted by molar-refractivity contribution is -0.306. The highest BCUT2D eigenvalue weighted by atomic mass is 16.7. The minimum atomic E-state index is -1.71. The molecule has 3 aliphatic carbocycles. The van der Waals surface area contributed by atoms with E-state index in [-0.39, 0.29) is 23.0 Å². The first-order valence-electron chi connectivity index (χ1n) is 19.5. The third-order valence-corrected chi connectivity index (χ3v) is 12.6. The summed E-state index contributed by atoms with van der Waals surface area (Å²) in [5.41, 5.74) is 0.441. The van der Waals surface area contributed by atoms with E-state index in [0.29, 0.717) is 30.7 Å². The Hall–Kier alpha value is -2.15. The summed E-state index contributed by atoms with van der Waals surface area (Å²) in [7, 11) is 0. The molecule has 0 aromatic rings. The van der Waals surface area contributed by atoms with Gasteiger partial charge in [-0.15, -0.1) is 0 Å². The number of allylic oxidation sites excluding steroid dienone is 5. The van der Waals surface area contributed by atoms with Crippen molar-refractivity contribution in [1.82, 2.24) is 4.90 Å². The summed E-state index contributed by atoms with van der Waals surface area (Å²) in [5.74, 6) is 0.0904. The van der Waals surface area contributed by atoms with Crippen molar-refractivity contribution in [3.05, 3.63) is 59.7 Å². The zero-order valence-corrected chi connectivity index (χ0v) is 32.9. The van der Waals surface area contributed by atoms with Crippen LogP contribution >= 0.6 is 0 Å². The van der Waals surface area contributed by atoms with Gasteiger partial charge in [-0.2, -0.15) is 0 Å². The second kappa shape index (κ2) is 15.6. The summed E-state index contributed by atoms with van der Waals surface area (Å²) in [5, 5.41) is 13.7. The molecule has 2 fully saturated rings. The van der Waals surface area contributed by atoms with Crippen molar-refractivity contribution in [1.29, 1.82) is 0 Å². The van der Waals surface area contributed by atoms with E-state index in [1.165, 1.54) is 5.57 Å².